The summed E-state index contributed by atoms with van der Waals surface area (Å²) in [5.74, 6) is 0. The molecule has 0 aromatic carbocycles. The SMILES string of the molecule is NC(=S)S.NC(=S)S.[S-2].[S-2].[Zn+2].[Zn+2].[Zn+2]. The molecule has 0 amide bonds. The van der Waals surface area contributed by atoms with Gasteiger partial charge in [0.1, 0.15) is 8.64 Å². The molecule has 0 aromatic rings. The van der Waals surface area contributed by atoms with E-state index in [2.05, 4.69) is 49.7 Å². The van der Waals surface area contributed by atoms with Crippen LogP contribution in [0.4, 0.5) is 0 Å². The van der Waals surface area contributed by atoms with E-state index in [1.54, 1.807) is 0 Å². The number of thiol groups is 2. The third kappa shape index (κ3) is 276. The van der Waals surface area contributed by atoms with E-state index < -0.39 is 0 Å². The van der Waals surface area contributed by atoms with E-state index in [-0.39, 0.29) is 94.1 Å². The molecule has 0 saturated heterocycles. The summed E-state index contributed by atoms with van der Waals surface area (Å²) in [7, 11) is 0. The van der Waals surface area contributed by atoms with Gasteiger partial charge < -0.3 is 38.5 Å². The molecular weight excluding hydrogens is 441 g/mol. The van der Waals surface area contributed by atoms with Crippen LogP contribution in [-0.2, 0) is 85.4 Å². The maximum absolute atomic E-state index is 4.71. The molecule has 0 heterocycles. The summed E-state index contributed by atoms with van der Waals surface area (Å²) in [6, 6.07) is 0. The third-order valence-electron chi connectivity index (χ3n) is 0. The van der Waals surface area contributed by atoms with Gasteiger partial charge in [0.15, 0.2) is 0 Å². The van der Waals surface area contributed by atoms with Gasteiger partial charge in [0.25, 0.3) is 0 Å². The molecule has 0 aliphatic heterocycles. The van der Waals surface area contributed by atoms with Gasteiger partial charge in [-0.3, -0.25) is 0 Å². The molecule has 4 N–H and O–H groups in total. The van der Waals surface area contributed by atoms with Gasteiger partial charge in [-0.2, -0.15) is 0 Å². The van der Waals surface area contributed by atoms with Crippen molar-refractivity contribution < 1.29 is 58.4 Å². The zero-order valence-electron chi connectivity index (χ0n) is 6.80. The van der Waals surface area contributed by atoms with Crippen molar-refractivity contribution in [3.63, 3.8) is 0 Å². The van der Waals surface area contributed by atoms with Crippen LogP contribution in [0, 0.1) is 0 Å². The van der Waals surface area contributed by atoms with Crippen molar-refractivity contribution >= 4 is 85.3 Å². The van der Waals surface area contributed by atoms with Crippen LogP contribution in [0.1, 0.15) is 0 Å². The quantitative estimate of drug-likeness (QED) is 0.246. The second-order valence-corrected chi connectivity index (χ2v) is 3.12. The van der Waals surface area contributed by atoms with Crippen molar-refractivity contribution in [3.05, 3.63) is 0 Å². The van der Waals surface area contributed by atoms with E-state index in [0.717, 1.165) is 0 Å². The summed E-state index contributed by atoms with van der Waals surface area (Å²) in [5, 5.41) is 0. The van der Waals surface area contributed by atoms with Crippen molar-refractivity contribution in [3.8, 4) is 0 Å². The Morgan fingerprint density at radius 1 is 0.769 bits per heavy atom. The molecule has 0 atom stereocenters. The first-order valence-corrected chi connectivity index (χ1v) is 3.14. The Bertz CT molecular complexity index is 81.9. The summed E-state index contributed by atoms with van der Waals surface area (Å²) in [6.07, 6.45) is 0. The zero-order valence-corrected chi connectivity index (χ0v) is 20.8. The Labute approximate surface area is 153 Å². The minimum absolute atomic E-state index is 0. The molecule has 0 aliphatic rings. The van der Waals surface area contributed by atoms with E-state index in [4.69, 9.17) is 11.5 Å². The molecule has 0 aliphatic carbocycles. The van der Waals surface area contributed by atoms with Gasteiger partial charge >= 0.3 is 58.4 Å². The molecule has 0 radical (unpaired) electrons. The molecule has 13 heavy (non-hydrogen) atoms. The first-order chi connectivity index (χ1) is 3.46. The van der Waals surface area contributed by atoms with E-state index in [0.29, 0.717) is 0 Å². The van der Waals surface area contributed by atoms with Crippen LogP contribution in [-0.4, -0.2) is 8.64 Å². The first-order valence-electron chi connectivity index (χ1n) is 1.43. The topological polar surface area (TPSA) is 52.0 Å². The minimum atomic E-state index is 0. The normalized spacial score (nSPS) is 3.85. The standard InChI is InChI=1S/2CH3NS2.2S.3Zn/c2*2-1(3)4;;;;;/h2*(H3,2,3,4);;;;;/q;;2*-2;3*+2. The van der Waals surface area contributed by atoms with Gasteiger partial charge in [0.05, 0.1) is 0 Å². The van der Waals surface area contributed by atoms with Crippen LogP contribution >= 0.6 is 49.7 Å². The molecule has 0 aromatic heterocycles. The monoisotopic (exact) mass is 442 g/mol. The first kappa shape index (κ1) is 44.4. The van der Waals surface area contributed by atoms with Gasteiger partial charge in [-0.15, -0.1) is 25.3 Å². The second-order valence-electron chi connectivity index (χ2n) is 0.676. The minimum Gasteiger partial charge on any atom is -2.00 e. The van der Waals surface area contributed by atoms with E-state index in [9.17, 15) is 0 Å². The number of hydrogen-bond acceptors (Lipinski definition) is 2. The van der Waals surface area contributed by atoms with Crippen LogP contribution in [0.25, 0.3) is 0 Å². The summed E-state index contributed by atoms with van der Waals surface area (Å²) >= 11 is 15.3. The van der Waals surface area contributed by atoms with Crippen LogP contribution in [0.15, 0.2) is 0 Å². The Morgan fingerprint density at radius 2 is 0.769 bits per heavy atom. The predicted octanol–water partition coefficient (Wildman–Crippen LogP) is 0.307. The van der Waals surface area contributed by atoms with Crippen molar-refractivity contribution in [1.29, 1.82) is 0 Å². The molecule has 2 nitrogen and oxygen atoms in total. The average molecular weight is 447 g/mol. The summed E-state index contributed by atoms with van der Waals surface area (Å²) in [5.41, 5.74) is 9.41. The number of hydrogen-bond donors (Lipinski definition) is 4. The van der Waals surface area contributed by atoms with Gasteiger partial charge in [0.2, 0.25) is 0 Å². The maximum Gasteiger partial charge on any atom is 2.00 e. The van der Waals surface area contributed by atoms with E-state index in [1.165, 1.54) is 0 Å². The fourth-order valence-corrected chi connectivity index (χ4v) is 0. The Balaban J connectivity index is -0.00000000800. The van der Waals surface area contributed by atoms with E-state index >= 15 is 0 Å². The van der Waals surface area contributed by atoms with Crippen molar-refractivity contribution in [1.82, 2.24) is 0 Å². The molecular formula is C2H6N2S6Zn3+2. The van der Waals surface area contributed by atoms with E-state index in [1.807, 2.05) is 0 Å². The van der Waals surface area contributed by atoms with Crippen LogP contribution < -0.4 is 11.5 Å². The fourth-order valence-electron chi connectivity index (χ4n) is 0. The molecule has 11 heteroatoms. The maximum atomic E-state index is 4.71. The molecule has 0 spiro atoms. The predicted molar refractivity (Wildman–Crippen MR) is 66.3 cm³/mol. The Hall–Kier alpha value is 3.05. The third-order valence-corrected chi connectivity index (χ3v) is 0. The van der Waals surface area contributed by atoms with Gasteiger partial charge in [0, 0.05) is 0 Å². The van der Waals surface area contributed by atoms with Crippen LogP contribution in [0.3, 0.4) is 0 Å². The molecule has 0 fully saturated rings. The zero-order chi connectivity index (χ0) is 7.15. The fraction of sp³-hybridized carbons (Fsp3) is 0. The van der Waals surface area contributed by atoms with Gasteiger partial charge in [-0.1, -0.05) is 24.4 Å². The van der Waals surface area contributed by atoms with Gasteiger partial charge in [-0.05, 0) is 0 Å². The van der Waals surface area contributed by atoms with Crippen molar-refractivity contribution in [2.45, 2.75) is 0 Å². The average Bonchev–Trinajstić information content (AvgIpc) is 1.25. The summed E-state index contributed by atoms with van der Waals surface area (Å²) in [6.45, 7) is 0. The summed E-state index contributed by atoms with van der Waals surface area (Å²) in [4.78, 5) is 0. The molecule has 64 valence electrons. The Kier molecular flexibility index (Phi) is 124. The molecule has 0 unspecified atom stereocenters. The van der Waals surface area contributed by atoms with Gasteiger partial charge in [-0.25, -0.2) is 0 Å². The number of thiocarbonyl (C=S) groups is 2. The largest absolute Gasteiger partial charge is 2.00 e. The smallest absolute Gasteiger partial charge is 2.00 e. The van der Waals surface area contributed by atoms with Crippen molar-refractivity contribution in [2.75, 3.05) is 0 Å². The summed E-state index contributed by atoms with van der Waals surface area (Å²) < 4.78 is 0.389. The molecule has 0 bridgehead atoms. The Morgan fingerprint density at radius 3 is 0.769 bits per heavy atom. The molecule has 0 rings (SSSR count). The second kappa shape index (κ2) is 36.3. The van der Waals surface area contributed by atoms with Crippen molar-refractivity contribution in [2.24, 2.45) is 11.5 Å². The number of rotatable bonds is 0. The number of nitrogens with two attached hydrogens (primary N) is 2. The molecule has 0 saturated carbocycles. The van der Waals surface area contributed by atoms with Crippen LogP contribution in [0.2, 0.25) is 0 Å². The van der Waals surface area contributed by atoms with Crippen LogP contribution in [0.5, 0.6) is 0 Å².